The maximum atomic E-state index is 10.9. The first-order valence-electron chi connectivity index (χ1n) is 9.68. The Bertz CT molecular complexity index is 459. The van der Waals surface area contributed by atoms with Gasteiger partial charge in [0.15, 0.2) is 0 Å². The van der Waals surface area contributed by atoms with Crippen molar-refractivity contribution in [3.05, 3.63) is 0 Å². The van der Waals surface area contributed by atoms with Crippen LogP contribution in [0.15, 0.2) is 0 Å². The van der Waals surface area contributed by atoms with Crippen LogP contribution in [0.4, 0.5) is 0 Å². The Kier molecular flexibility index (Phi) is 3.32. The van der Waals surface area contributed by atoms with Gasteiger partial charge in [0.1, 0.15) is 0 Å². The summed E-state index contributed by atoms with van der Waals surface area (Å²) in [6, 6.07) is 0. The molecule has 4 saturated carbocycles. The van der Waals surface area contributed by atoms with Crippen molar-refractivity contribution >= 4 is 0 Å². The summed E-state index contributed by atoms with van der Waals surface area (Å²) in [5.74, 6) is 3.13. The van der Waals surface area contributed by atoms with E-state index in [9.17, 15) is 10.2 Å². The molecule has 2 N–H and O–H groups in total. The van der Waals surface area contributed by atoms with E-state index < -0.39 is 5.60 Å². The van der Waals surface area contributed by atoms with Gasteiger partial charge in [0.05, 0.1) is 11.7 Å². The summed E-state index contributed by atoms with van der Waals surface area (Å²) in [7, 11) is 0. The van der Waals surface area contributed by atoms with Crippen molar-refractivity contribution in [3.63, 3.8) is 0 Å². The van der Waals surface area contributed by atoms with Gasteiger partial charge in [-0.3, -0.25) is 0 Å². The van der Waals surface area contributed by atoms with E-state index in [0.29, 0.717) is 5.41 Å². The number of fused-ring (bicyclic) bond motifs is 5. The fraction of sp³-hybridized carbons (Fsp3) is 1.00. The molecule has 0 spiro atoms. The Hall–Kier alpha value is -0.0800. The van der Waals surface area contributed by atoms with E-state index in [1.807, 2.05) is 0 Å². The van der Waals surface area contributed by atoms with Crippen LogP contribution in [0.5, 0.6) is 0 Å². The third-order valence-electron chi connectivity index (χ3n) is 9.20. The monoisotopic (exact) mass is 306 g/mol. The predicted octanol–water partition coefficient (Wildman–Crippen LogP) is 4.14. The van der Waals surface area contributed by atoms with Crippen molar-refractivity contribution < 1.29 is 10.2 Å². The minimum Gasteiger partial charge on any atom is -0.393 e. The van der Waals surface area contributed by atoms with Gasteiger partial charge in [0.2, 0.25) is 0 Å². The molecule has 0 radical (unpaired) electrons. The average Bonchev–Trinajstić information content (AvgIpc) is 2.70. The quantitative estimate of drug-likeness (QED) is 0.706. The van der Waals surface area contributed by atoms with Gasteiger partial charge < -0.3 is 10.2 Å². The van der Waals surface area contributed by atoms with Gasteiger partial charge >= 0.3 is 0 Å². The van der Waals surface area contributed by atoms with E-state index in [2.05, 4.69) is 20.8 Å². The van der Waals surface area contributed by atoms with E-state index in [-0.39, 0.29) is 11.5 Å². The highest BCUT2D eigenvalue weighted by Crippen LogP contribution is 2.68. The lowest BCUT2D eigenvalue weighted by Crippen LogP contribution is -2.56. The molecule has 2 nitrogen and oxygen atoms in total. The summed E-state index contributed by atoms with van der Waals surface area (Å²) < 4.78 is 0. The SMILES string of the molecule is C[C@]1(O)CCC2C3CC[C@@H]4C[C@H](O)CC[C@]4(C)C3CC[C@@]21C. The molecule has 0 aliphatic heterocycles. The number of aliphatic hydroxyl groups excluding tert-OH is 1. The van der Waals surface area contributed by atoms with Crippen molar-refractivity contribution in [1.29, 1.82) is 0 Å². The molecule has 4 aliphatic carbocycles. The number of hydrogen-bond donors (Lipinski definition) is 2. The molecule has 0 aromatic heterocycles. The minimum atomic E-state index is -0.455. The molecular formula is C20H34O2. The molecular weight excluding hydrogens is 272 g/mol. The fourth-order valence-electron chi connectivity index (χ4n) is 7.48. The van der Waals surface area contributed by atoms with Gasteiger partial charge in [-0.05, 0) is 99.2 Å². The Balaban J connectivity index is 1.64. The lowest BCUT2D eigenvalue weighted by molar-refractivity contribution is -0.153. The van der Waals surface area contributed by atoms with Crippen LogP contribution in [0.25, 0.3) is 0 Å². The van der Waals surface area contributed by atoms with Crippen LogP contribution in [0, 0.1) is 34.5 Å². The summed E-state index contributed by atoms with van der Waals surface area (Å²) in [6.45, 7) is 7.01. The van der Waals surface area contributed by atoms with E-state index >= 15 is 0 Å². The molecule has 4 rings (SSSR count). The first-order chi connectivity index (χ1) is 10.3. The molecule has 22 heavy (non-hydrogen) atoms. The van der Waals surface area contributed by atoms with E-state index in [1.165, 1.54) is 38.5 Å². The predicted molar refractivity (Wildman–Crippen MR) is 88.4 cm³/mol. The smallest absolute Gasteiger partial charge is 0.0675 e. The summed E-state index contributed by atoms with van der Waals surface area (Å²) in [5, 5.41) is 21.0. The average molecular weight is 306 g/mol. The second-order valence-corrected chi connectivity index (χ2v) is 9.85. The van der Waals surface area contributed by atoms with Crippen LogP contribution in [0.1, 0.15) is 78.6 Å². The molecule has 3 unspecified atom stereocenters. The van der Waals surface area contributed by atoms with Gasteiger partial charge in [-0.25, -0.2) is 0 Å². The largest absolute Gasteiger partial charge is 0.393 e. The Morgan fingerprint density at radius 2 is 1.55 bits per heavy atom. The van der Waals surface area contributed by atoms with Crippen LogP contribution in [0.3, 0.4) is 0 Å². The lowest BCUT2D eigenvalue weighted by atomic mass is 9.44. The van der Waals surface area contributed by atoms with Crippen molar-refractivity contribution in [1.82, 2.24) is 0 Å². The lowest BCUT2D eigenvalue weighted by Gasteiger charge is -2.61. The Labute approximate surface area is 135 Å². The number of rotatable bonds is 0. The van der Waals surface area contributed by atoms with Gasteiger partial charge in [-0.2, -0.15) is 0 Å². The maximum Gasteiger partial charge on any atom is 0.0675 e. The van der Waals surface area contributed by atoms with Crippen LogP contribution < -0.4 is 0 Å². The molecule has 4 aliphatic rings. The highest BCUT2D eigenvalue weighted by atomic mass is 16.3. The first-order valence-corrected chi connectivity index (χ1v) is 9.68. The van der Waals surface area contributed by atoms with Crippen molar-refractivity contribution in [2.75, 3.05) is 0 Å². The molecule has 0 amide bonds. The second kappa shape index (κ2) is 4.72. The van der Waals surface area contributed by atoms with Crippen LogP contribution in [-0.2, 0) is 0 Å². The van der Waals surface area contributed by atoms with E-state index in [0.717, 1.165) is 42.9 Å². The molecule has 0 aromatic rings. The molecule has 2 heteroatoms. The van der Waals surface area contributed by atoms with Crippen LogP contribution in [0.2, 0.25) is 0 Å². The standard InChI is InChI=1S/C20H34O2/c1-18-9-6-14(21)12-13(18)4-5-15-16(18)7-10-19(2)17(15)8-11-20(19,3)22/h13-17,21-22H,4-12H2,1-3H3/t13-,14-,15?,16?,17?,18+,19+,20+/m1/s1. The number of aliphatic hydroxyl groups is 2. The van der Waals surface area contributed by atoms with E-state index in [1.54, 1.807) is 0 Å². The van der Waals surface area contributed by atoms with Gasteiger partial charge in [0, 0.05) is 0 Å². The van der Waals surface area contributed by atoms with E-state index in [4.69, 9.17) is 0 Å². The zero-order valence-corrected chi connectivity index (χ0v) is 14.6. The van der Waals surface area contributed by atoms with Crippen molar-refractivity contribution in [2.45, 2.75) is 90.3 Å². The molecule has 0 saturated heterocycles. The van der Waals surface area contributed by atoms with Gasteiger partial charge in [-0.15, -0.1) is 0 Å². The zero-order valence-electron chi connectivity index (χ0n) is 14.6. The molecule has 8 atom stereocenters. The normalized spacial score (nSPS) is 61.2. The maximum absolute atomic E-state index is 10.9. The summed E-state index contributed by atoms with van der Waals surface area (Å²) >= 11 is 0. The molecule has 0 heterocycles. The number of hydrogen-bond acceptors (Lipinski definition) is 2. The molecule has 0 bridgehead atoms. The molecule has 126 valence electrons. The Morgan fingerprint density at radius 1 is 0.818 bits per heavy atom. The zero-order chi connectivity index (χ0) is 15.8. The second-order valence-electron chi connectivity index (χ2n) is 9.85. The van der Waals surface area contributed by atoms with Crippen LogP contribution >= 0.6 is 0 Å². The van der Waals surface area contributed by atoms with Gasteiger partial charge in [-0.1, -0.05) is 13.8 Å². The topological polar surface area (TPSA) is 40.5 Å². The minimum absolute atomic E-state index is 0.0457. The highest BCUT2D eigenvalue weighted by molar-refractivity contribution is 5.12. The molecule has 4 fully saturated rings. The van der Waals surface area contributed by atoms with Crippen molar-refractivity contribution in [2.24, 2.45) is 34.5 Å². The van der Waals surface area contributed by atoms with Gasteiger partial charge in [0.25, 0.3) is 0 Å². The fourth-order valence-corrected chi connectivity index (χ4v) is 7.48. The Morgan fingerprint density at radius 3 is 2.32 bits per heavy atom. The first kappa shape index (κ1) is 15.4. The summed E-state index contributed by atoms with van der Waals surface area (Å²) in [4.78, 5) is 0. The summed E-state index contributed by atoms with van der Waals surface area (Å²) in [6.07, 6.45) is 10.6. The molecule has 0 aromatic carbocycles. The third kappa shape index (κ3) is 1.86. The summed E-state index contributed by atoms with van der Waals surface area (Å²) in [5.41, 5.74) is 0.145. The van der Waals surface area contributed by atoms with Crippen molar-refractivity contribution in [3.8, 4) is 0 Å². The third-order valence-corrected chi connectivity index (χ3v) is 9.20. The van der Waals surface area contributed by atoms with Crippen LogP contribution in [-0.4, -0.2) is 21.9 Å². The highest BCUT2D eigenvalue weighted by Gasteiger charge is 2.63.